The minimum atomic E-state index is -0.272. The molecule has 0 bridgehead atoms. The number of hydrogen-bond acceptors (Lipinski definition) is 4. The molecule has 0 saturated carbocycles. The third kappa shape index (κ3) is 4.29. The molecular formula is C19H23N3O3. The summed E-state index contributed by atoms with van der Waals surface area (Å²) in [5.41, 5.74) is 7.88. The largest absolute Gasteiger partial charge is 0.495 e. The number of methoxy groups -OCH3 is 1. The number of ether oxygens (including phenoxy) is 1. The molecule has 0 heterocycles. The van der Waals surface area contributed by atoms with Crippen LogP contribution < -0.4 is 15.8 Å². The Balaban J connectivity index is 2.10. The van der Waals surface area contributed by atoms with Crippen molar-refractivity contribution < 1.29 is 14.3 Å². The van der Waals surface area contributed by atoms with Crippen LogP contribution in [0.4, 0.5) is 11.4 Å². The quantitative estimate of drug-likeness (QED) is 0.791. The number of carbonyl (C=O) groups is 2. The van der Waals surface area contributed by atoms with Gasteiger partial charge in [0.2, 0.25) is 0 Å². The number of rotatable bonds is 6. The van der Waals surface area contributed by atoms with E-state index in [4.69, 9.17) is 10.5 Å². The van der Waals surface area contributed by atoms with Gasteiger partial charge in [0.25, 0.3) is 11.8 Å². The SMILES string of the molecule is CCN(CC)C(=O)c1ccc(C(=O)Nc2ccc(OC)c(N)c2)cc1. The van der Waals surface area contributed by atoms with Gasteiger partial charge in [0.15, 0.2) is 0 Å². The molecule has 0 unspecified atom stereocenters. The van der Waals surface area contributed by atoms with E-state index in [0.717, 1.165) is 0 Å². The maximum atomic E-state index is 12.3. The highest BCUT2D eigenvalue weighted by Gasteiger charge is 2.13. The van der Waals surface area contributed by atoms with E-state index in [9.17, 15) is 9.59 Å². The van der Waals surface area contributed by atoms with Crippen LogP contribution in [0, 0.1) is 0 Å². The maximum Gasteiger partial charge on any atom is 0.255 e. The lowest BCUT2D eigenvalue weighted by Crippen LogP contribution is -2.30. The van der Waals surface area contributed by atoms with Crippen LogP contribution in [0.25, 0.3) is 0 Å². The minimum absolute atomic E-state index is 0.0418. The number of amides is 2. The summed E-state index contributed by atoms with van der Waals surface area (Å²) in [5, 5.41) is 2.77. The number of benzene rings is 2. The van der Waals surface area contributed by atoms with E-state index < -0.39 is 0 Å². The average molecular weight is 341 g/mol. The monoisotopic (exact) mass is 341 g/mol. The molecule has 2 aromatic carbocycles. The molecule has 0 aromatic heterocycles. The van der Waals surface area contributed by atoms with E-state index in [1.807, 2.05) is 13.8 Å². The highest BCUT2D eigenvalue weighted by Crippen LogP contribution is 2.24. The molecule has 0 atom stereocenters. The molecule has 6 heteroatoms. The summed E-state index contributed by atoms with van der Waals surface area (Å²) in [6.45, 7) is 5.17. The molecule has 0 aliphatic rings. The van der Waals surface area contributed by atoms with Crippen LogP contribution >= 0.6 is 0 Å². The highest BCUT2D eigenvalue weighted by atomic mass is 16.5. The van der Waals surface area contributed by atoms with Crippen LogP contribution in [0.5, 0.6) is 5.75 Å². The maximum absolute atomic E-state index is 12.3. The smallest absolute Gasteiger partial charge is 0.255 e. The summed E-state index contributed by atoms with van der Waals surface area (Å²) in [5.74, 6) is 0.239. The molecule has 3 N–H and O–H groups in total. The molecule has 0 spiro atoms. The van der Waals surface area contributed by atoms with Crippen LogP contribution in [0.1, 0.15) is 34.6 Å². The molecule has 2 aromatic rings. The Morgan fingerprint density at radius 2 is 1.64 bits per heavy atom. The number of nitrogens with one attached hydrogen (secondary N) is 1. The Morgan fingerprint density at radius 1 is 1.04 bits per heavy atom. The summed E-state index contributed by atoms with van der Waals surface area (Å²) in [4.78, 5) is 26.3. The van der Waals surface area contributed by atoms with Crippen molar-refractivity contribution in [3.63, 3.8) is 0 Å². The molecule has 6 nitrogen and oxygen atoms in total. The molecule has 2 rings (SSSR count). The molecular weight excluding hydrogens is 318 g/mol. The molecule has 0 saturated heterocycles. The molecule has 0 fully saturated rings. The zero-order chi connectivity index (χ0) is 18.4. The van der Waals surface area contributed by atoms with E-state index in [1.165, 1.54) is 7.11 Å². The number of carbonyl (C=O) groups excluding carboxylic acids is 2. The minimum Gasteiger partial charge on any atom is -0.495 e. The van der Waals surface area contributed by atoms with Gasteiger partial charge in [-0.2, -0.15) is 0 Å². The van der Waals surface area contributed by atoms with Gasteiger partial charge in [-0.1, -0.05) is 0 Å². The zero-order valence-corrected chi connectivity index (χ0v) is 14.7. The van der Waals surface area contributed by atoms with Crippen molar-refractivity contribution in [3.05, 3.63) is 53.6 Å². The van der Waals surface area contributed by atoms with E-state index in [1.54, 1.807) is 47.4 Å². The van der Waals surface area contributed by atoms with Gasteiger partial charge in [0.05, 0.1) is 12.8 Å². The lowest BCUT2D eigenvalue weighted by atomic mass is 10.1. The number of nitrogen functional groups attached to an aromatic ring is 1. The van der Waals surface area contributed by atoms with Crippen molar-refractivity contribution in [2.75, 3.05) is 31.2 Å². The summed E-state index contributed by atoms with van der Waals surface area (Å²) in [6, 6.07) is 11.6. The Labute approximate surface area is 147 Å². The van der Waals surface area contributed by atoms with Gasteiger partial charge in [0, 0.05) is 29.9 Å². The van der Waals surface area contributed by atoms with Crippen molar-refractivity contribution in [2.45, 2.75) is 13.8 Å². The van der Waals surface area contributed by atoms with Crippen LogP contribution in [0.3, 0.4) is 0 Å². The highest BCUT2D eigenvalue weighted by molar-refractivity contribution is 6.05. The van der Waals surface area contributed by atoms with E-state index in [2.05, 4.69) is 5.32 Å². The second-order valence-corrected chi connectivity index (χ2v) is 5.47. The van der Waals surface area contributed by atoms with Crippen molar-refractivity contribution in [1.29, 1.82) is 0 Å². The normalized spacial score (nSPS) is 10.2. The predicted molar refractivity (Wildman–Crippen MR) is 99.1 cm³/mol. The first kappa shape index (κ1) is 18.3. The third-order valence-electron chi connectivity index (χ3n) is 3.93. The van der Waals surface area contributed by atoms with Gasteiger partial charge in [0.1, 0.15) is 5.75 Å². The first-order valence-corrected chi connectivity index (χ1v) is 8.14. The van der Waals surface area contributed by atoms with Gasteiger partial charge >= 0.3 is 0 Å². The van der Waals surface area contributed by atoms with Crippen LogP contribution in [0.2, 0.25) is 0 Å². The van der Waals surface area contributed by atoms with Gasteiger partial charge in [-0.05, 0) is 56.3 Å². The van der Waals surface area contributed by atoms with Gasteiger partial charge in [-0.25, -0.2) is 0 Å². The first-order valence-electron chi connectivity index (χ1n) is 8.14. The van der Waals surface area contributed by atoms with Crippen LogP contribution in [-0.4, -0.2) is 36.9 Å². The summed E-state index contributed by atoms with van der Waals surface area (Å²) < 4.78 is 5.09. The number of nitrogens with zero attached hydrogens (tertiary/aromatic N) is 1. The van der Waals surface area contributed by atoms with Gasteiger partial charge in [-0.3, -0.25) is 9.59 Å². The van der Waals surface area contributed by atoms with Crippen molar-refractivity contribution in [1.82, 2.24) is 4.90 Å². The van der Waals surface area contributed by atoms with E-state index in [-0.39, 0.29) is 11.8 Å². The number of hydrogen-bond donors (Lipinski definition) is 2. The lowest BCUT2D eigenvalue weighted by Gasteiger charge is -2.18. The van der Waals surface area contributed by atoms with Gasteiger partial charge < -0.3 is 20.7 Å². The van der Waals surface area contributed by atoms with Crippen molar-refractivity contribution >= 4 is 23.2 Å². The lowest BCUT2D eigenvalue weighted by molar-refractivity contribution is 0.0772. The average Bonchev–Trinajstić information content (AvgIpc) is 2.63. The molecule has 0 radical (unpaired) electrons. The summed E-state index contributed by atoms with van der Waals surface area (Å²) >= 11 is 0. The molecule has 0 aliphatic carbocycles. The van der Waals surface area contributed by atoms with E-state index >= 15 is 0 Å². The second kappa shape index (κ2) is 8.19. The van der Waals surface area contributed by atoms with Crippen LogP contribution in [-0.2, 0) is 0 Å². The predicted octanol–water partition coefficient (Wildman–Crippen LogP) is 3.01. The molecule has 2 amide bonds. The Hall–Kier alpha value is -3.02. The second-order valence-electron chi connectivity index (χ2n) is 5.47. The van der Waals surface area contributed by atoms with E-state index in [0.29, 0.717) is 41.3 Å². The summed E-state index contributed by atoms with van der Waals surface area (Å²) in [7, 11) is 1.53. The molecule has 132 valence electrons. The Morgan fingerprint density at radius 3 is 2.16 bits per heavy atom. The number of nitrogens with two attached hydrogens (primary N) is 1. The van der Waals surface area contributed by atoms with Crippen molar-refractivity contribution in [3.8, 4) is 5.75 Å². The fourth-order valence-corrected chi connectivity index (χ4v) is 2.47. The number of anilines is 2. The third-order valence-corrected chi connectivity index (χ3v) is 3.93. The fraction of sp³-hybridized carbons (Fsp3) is 0.263. The molecule has 0 aliphatic heterocycles. The zero-order valence-electron chi connectivity index (χ0n) is 14.7. The Kier molecular flexibility index (Phi) is 6.00. The summed E-state index contributed by atoms with van der Waals surface area (Å²) in [6.07, 6.45) is 0. The fourth-order valence-electron chi connectivity index (χ4n) is 2.47. The first-order chi connectivity index (χ1) is 12.0. The van der Waals surface area contributed by atoms with Gasteiger partial charge in [-0.15, -0.1) is 0 Å². The Bertz CT molecular complexity index is 753. The van der Waals surface area contributed by atoms with Crippen LogP contribution in [0.15, 0.2) is 42.5 Å². The standard InChI is InChI=1S/C19H23N3O3/c1-4-22(5-2)19(24)14-8-6-13(7-9-14)18(23)21-15-10-11-17(25-3)16(20)12-15/h6-12H,4-5,20H2,1-3H3,(H,21,23). The topological polar surface area (TPSA) is 84.7 Å². The molecule has 25 heavy (non-hydrogen) atoms. The van der Waals surface area contributed by atoms with Crippen molar-refractivity contribution in [2.24, 2.45) is 0 Å².